The molecule has 0 fully saturated rings. The first-order chi connectivity index (χ1) is 8.66. The lowest BCUT2D eigenvalue weighted by molar-refractivity contribution is 0.476. The van der Waals surface area contributed by atoms with Gasteiger partial charge in [0.15, 0.2) is 0 Å². The molecule has 0 aliphatic rings. The van der Waals surface area contributed by atoms with E-state index < -0.39 is 0 Å². The summed E-state index contributed by atoms with van der Waals surface area (Å²) in [5.41, 5.74) is 1.54. The zero-order valence-corrected chi connectivity index (χ0v) is 9.98. The Morgan fingerprint density at radius 3 is 2.72 bits per heavy atom. The molecule has 0 amide bonds. The lowest BCUT2D eigenvalue weighted by atomic mass is 10.2. The first kappa shape index (κ1) is 10.9. The summed E-state index contributed by atoms with van der Waals surface area (Å²) in [5.74, 6) is 0.0994. The third-order valence-electron chi connectivity index (χ3n) is 2.76. The second-order valence-corrected chi connectivity index (χ2v) is 4.33. The molecule has 1 aromatic heterocycles. The van der Waals surface area contributed by atoms with Gasteiger partial charge in [-0.05, 0) is 24.3 Å². The van der Waals surface area contributed by atoms with Gasteiger partial charge in [-0.2, -0.15) is 0 Å². The molecule has 18 heavy (non-hydrogen) atoms. The highest BCUT2D eigenvalue weighted by molar-refractivity contribution is 6.32. The molecule has 2 aromatic carbocycles. The Morgan fingerprint density at radius 1 is 1.17 bits per heavy atom. The maximum absolute atomic E-state index is 12.0. The lowest BCUT2D eigenvalue weighted by Gasteiger charge is -2.05. The van der Waals surface area contributed by atoms with Crippen LogP contribution < -0.4 is 5.69 Å². The predicted octanol–water partition coefficient (Wildman–Crippen LogP) is 2.68. The van der Waals surface area contributed by atoms with Crippen LogP contribution in [0.2, 0.25) is 5.02 Å². The molecule has 0 aliphatic carbocycles. The zero-order chi connectivity index (χ0) is 12.7. The predicted molar refractivity (Wildman–Crippen MR) is 70.6 cm³/mol. The fourth-order valence-electron chi connectivity index (χ4n) is 1.96. The fourth-order valence-corrected chi connectivity index (χ4v) is 2.18. The molecule has 3 rings (SSSR count). The van der Waals surface area contributed by atoms with E-state index in [1.54, 1.807) is 30.3 Å². The second-order valence-electron chi connectivity index (χ2n) is 3.92. The molecular weight excluding hydrogens is 252 g/mol. The number of rotatable bonds is 1. The third kappa shape index (κ3) is 1.58. The minimum Gasteiger partial charge on any atom is -0.508 e. The van der Waals surface area contributed by atoms with Crippen molar-refractivity contribution < 1.29 is 5.11 Å². The summed E-state index contributed by atoms with van der Waals surface area (Å²) in [6.45, 7) is 0. The Morgan fingerprint density at radius 2 is 1.94 bits per heavy atom. The number of phenols is 1. The van der Waals surface area contributed by atoms with Crippen molar-refractivity contribution in [3.05, 3.63) is 58.0 Å². The van der Waals surface area contributed by atoms with Crippen LogP contribution in [-0.2, 0) is 0 Å². The Labute approximate surface area is 107 Å². The highest BCUT2D eigenvalue weighted by atomic mass is 35.5. The Kier molecular flexibility index (Phi) is 2.38. The molecule has 0 saturated carbocycles. The monoisotopic (exact) mass is 260 g/mol. The van der Waals surface area contributed by atoms with E-state index >= 15 is 0 Å². The summed E-state index contributed by atoms with van der Waals surface area (Å²) in [7, 11) is 0. The molecule has 0 bridgehead atoms. The van der Waals surface area contributed by atoms with Crippen molar-refractivity contribution in [1.82, 2.24) is 9.55 Å². The van der Waals surface area contributed by atoms with Gasteiger partial charge < -0.3 is 10.1 Å². The van der Waals surface area contributed by atoms with Crippen LogP contribution in [-0.4, -0.2) is 14.7 Å². The first-order valence-corrected chi connectivity index (χ1v) is 5.73. The van der Waals surface area contributed by atoms with Crippen LogP contribution in [0.25, 0.3) is 16.7 Å². The number of para-hydroxylation sites is 1. The van der Waals surface area contributed by atoms with E-state index in [1.165, 1.54) is 16.7 Å². The van der Waals surface area contributed by atoms with Gasteiger partial charge in [0.2, 0.25) is 0 Å². The summed E-state index contributed by atoms with van der Waals surface area (Å²) in [6, 6.07) is 11.8. The molecule has 0 atom stereocenters. The number of benzene rings is 2. The number of H-pyrrole nitrogens is 1. The van der Waals surface area contributed by atoms with E-state index in [9.17, 15) is 9.90 Å². The average Bonchev–Trinajstić information content (AvgIpc) is 2.66. The lowest BCUT2D eigenvalue weighted by Crippen LogP contribution is -2.14. The highest BCUT2D eigenvalue weighted by Crippen LogP contribution is 2.24. The largest absolute Gasteiger partial charge is 0.508 e. The van der Waals surface area contributed by atoms with Gasteiger partial charge in [-0.15, -0.1) is 0 Å². The van der Waals surface area contributed by atoms with E-state index in [2.05, 4.69) is 4.98 Å². The fraction of sp³-hybridized carbons (Fsp3) is 0. The number of hydrogen-bond donors (Lipinski definition) is 2. The maximum atomic E-state index is 12.0. The van der Waals surface area contributed by atoms with Crippen molar-refractivity contribution >= 4 is 22.6 Å². The second kappa shape index (κ2) is 3.92. The van der Waals surface area contributed by atoms with Crippen molar-refractivity contribution in [3.63, 3.8) is 0 Å². The van der Waals surface area contributed by atoms with Crippen LogP contribution in [0, 0.1) is 0 Å². The van der Waals surface area contributed by atoms with Gasteiger partial charge in [0.1, 0.15) is 5.75 Å². The summed E-state index contributed by atoms with van der Waals surface area (Å²) < 4.78 is 1.44. The van der Waals surface area contributed by atoms with Crippen molar-refractivity contribution in [2.24, 2.45) is 0 Å². The molecule has 5 heteroatoms. The van der Waals surface area contributed by atoms with Crippen LogP contribution in [0.1, 0.15) is 0 Å². The number of nitrogens with one attached hydrogen (secondary N) is 1. The summed E-state index contributed by atoms with van der Waals surface area (Å²) in [6.07, 6.45) is 0. The number of nitrogens with zero attached hydrogens (tertiary/aromatic N) is 1. The van der Waals surface area contributed by atoms with Gasteiger partial charge in [-0.3, -0.25) is 4.57 Å². The van der Waals surface area contributed by atoms with Crippen molar-refractivity contribution in [3.8, 4) is 11.4 Å². The molecule has 90 valence electrons. The van der Waals surface area contributed by atoms with E-state index in [0.29, 0.717) is 21.7 Å². The van der Waals surface area contributed by atoms with Crippen LogP contribution in [0.4, 0.5) is 0 Å². The molecule has 0 saturated heterocycles. The van der Waals surface area contributed by atoms with Crippen molar-refractivity contribution in [1.29, 1.82) is 0 Å². The molecule has 0 aliphatic heterocycles. The summed E-state index contributed by atoms with van der Waals surface area (Å²) in [4.78, 5) is 14.7. The molecule has 1 heterocycles. The third-order valence-corrected chi connectivity index (χ3v) is 3.08. The number of aromatic nitrogens is 2. The van der Waals surface area contributed by atoms with Crippen LogP contribution in [0.5, 0.6) is 5.75 Å². The van der Waals surface area contributed by atoms with Gasteiger partial charge in [0.25, 0.3) is 0 Å². The minimum absolute atomic E-state index is 0.0994. The number of hydrogen-bond acceptors (Lipinski definition) is 2. The number of aromatic hydroxyl groups is 1. The number of phenolic OH excluding ortho intramolecular Hbond substituents is 1. The topological polar surface area (TPSA) is 58.0 Å². The smallest absolute Gasteiger partial charge is 0.331 e. The number of halogens is 1. The van der Waals surface area contributed by atoms with Gasteiger partial charge in [-0.1, -0.05) is 23.7 Å². The molecule has 3 aromatic rings. The number of aromatic amines is 1. The summed E-state index contributed by atoms with van der Waals surface area (Å²) in [5, 5.41) is 9.99. The van der Waals surface area contributed by atoms with Gasteiger partial charge in [0.05, 0.1) is 21.7 Å². The van der Waals surface area contributed by atoms with E-state index in [4.69, 9.17) is 11.6 Å². The molecular formula is C13H9ClN2O2. The Hall–Kier alpha value is -2.20. The number of fused-ring (bicyclic) bond motifs is 1. The summed E-state index contributed by atoms with van der Waals surface area (Å²) >= 11 is 6.09. The standard InChI is InChI=1S/C13H9ClN2O2/c14-9-3-1-2-4-11(9)16-12-7-8(17)5-6-10(12)15-13(16)18/h1-7,17H,(H,15,18). The normalized spacial score (nSPS) is 10.9. The highest BCUT2D eigenvalue weighted by Gasteiger charge is 2.11. The SMILES string of the molecule is O=c1[nH]c2ccc(O)cc2n1-c1ccccc1Cl. The molecule has 2 N–H and O–H groups in total. The van der Waals surface area contributed by atoms with Crippen LogP contribution in [0.15, 0.2) is 47.3 Å². The van der Waals surface area contributed by atoms with Crippen molar-refractivity contribution in [2.75, 3.05) is 0 Å². The Bertz CT molecular complexity index is 789. The first-order valence-electron chi connectivity index (χ1n) is 5.35. The molecule has 0 spiro atoms. The van der Waals surface area contributed by atoms with Gasteiger partial charge >= 0.3 is 5.69 Å². The van der Waals surface area contributed by atoms with Gasteiger partial charge in [-0.25, -0.2) is 4.79 Å². The molecule has 4 nitrogen and oxygen atoms in total. The van der Waals surface area contributed by atoms with E-state index in [0.717, 1.165) is 0 Å². The van der Waals surface area contributed by atoms with Gasteiger partial charge in [0, 0.05) is 6.07 Å². The van der Waals surface area contributed by atoms with Crippen molar-refractivity contribution in [2.45, 2.75) is 0 Å². The van der Waals surface area contributed by atoms with E-state index in [1.807, 2.05) is 0 Å². The average molecular weight is 261 g/mol. The minimum atomic E-state index is -0.288. The molecule has 0 radical (unpaired) electrons. The van der Waals surface area contributed by atoms with E-state index in [-0.39, 0.29) is 11.4 Å². The number of imidazole rings is 1. The van der Waals surface area contributed by atoms with Crippen LogP contribution >= 0.6 is 11.6 Å². The zero-order valence-electron chi connectivity index (χ0n) is 9.22. The van der Waals surface area contributed by atoms with Crippen LogP contribution in [0.3, 0.4) is 0 Å². The molecule has 0 unspecified atom stereocenters. The maximum Gasteiger partial charge on any atom is 0.331 e. The quantitative estimate of drug-likeness (QED) is 0.707. The Balaban J connectivity index is 2.42.